The van der Waals surface area contributed by atoms with Gasteiger partial charge in [-0.05, 0) is 57.7 Å². The Balaban J connectivity index is 1.73. The van der Waals surface area contributed by atoms with Gasteiger partial charge in [0.05, 0.1) is 12.1 Å². The summed E-state index contributed by atoms with van der Waals surface area (Å²) < 4.78 is 6.25. The number of rotatable bonds is 2. The zero-order chi connectivity index (χ0) is 17.3. The average Bonchev–Trinajstić information content (AvgIpc) is 2.66. The predicted molar refractivity (Wildman–Crippen MR) is 92.4 cm³/mol. The van der Waals surface area contributed by atoms with Crippen LogP contribution in [0.4, 0.5) is 0 Å². The van der Waals surface area contributed by atoms with Crippen molar-refractivity contribution >= 4 is 23.4 Å². The summed E-state index contributed by atoms with van der Waals surface area (Å²) in [5, 5.41) is 6.43. The van der Waals surface area contributed by atoms with Crippen molar-refractivity contribution in [2.45, 2.75) is 51.2 Å². The Hall–Kier alpha value is -1.75. The first-order chi connectivity index (χ1) is 11.4. The minimum Gasteiger partial charge on any atom is -0.485 e. The lowest BCUT2D eigenvalue weighted by Crippen LogP contribution is -2.49. The fourth-order valence-corrected chi connectivity index (χ4v) is 3.63. The molecule has 1 aromatic carbocycles. The fourth-order valence-electron chi connectivity index (χ4n) is 3.46. The molecule has 1 aliphatic heterocycles. The molecule has 1 fully saturated rings. The van der Waals surface area contributed by atoms with Crippen molar-refractivity contribution in [3.63, 3.8) is 0 Å². The van der Waals surface area contributed by atoms with Gasteiger partial charge in [-0.1, -0.05) is 11.6 Å². The number of hydrogen-bond donors (Lipinski definition) is 2. The van der Waals surface area contributed by atoms with Gasteiger partial charge in [0.1, 0.15) is 11.4 Å². The number of hydrogen-bond acceptors (Lipinski definition) is 3. The molecule has 0 bridgehead atoms. The monoisotopic (exact) mass is 350 g/mol. The molecular weight excluding hydrogens is 328 g/mol. The van der Waals surface area contributed by atoms with E-state index in [2.05, 4.69) is 10.6 Å². The Kier molecular flexibility index (Phi) is 4.72. The molecule has 24 heavy (non-hydrogen) atoms. The molecule has 0 aromatic heterocycles. The summed E-state index contributed by atoms with van der Waals surface area (Å²) in [4.78, 5) is 24.5. The number of carbonyl (C=O) groups excluding carboxylic acids is 2. The van der Waals surface area contributed by atoms with E-state index in [4.69, 9.17) is 16.3 Å². The third kappa shape index (κ3) is 3.51. The van der Waals surface area contributed by atoms with E-state index < -0.39 is 5.60 Å². The number of halogens is 1. The molecule has 130 valence electrons. The van der Waals surface area contributed by atoms with Crippen LogP contribution >= 0.6 is 11.6 Å². The van der Waals surface area contributed by atoms with E-state index in [-0.39, 0.29) is 23.8 Å². The Labute approximate surface area is 147 Å². The van der Waals surface area contributed by atoms with E-state index in [0.717, 1.165) is 25.7 Å². The third-order valence-corrected chi connectivity index (χ3v) is 5.02. The largest absolute Gasteiger partial charge is 0.485 e. The van der Waals surface area contributed by atoms with Crippen molar-refractivity contribution < 1.29 is 14.3 Å². The molecule has 1 aromatic rings. The molecule has 2 aliphatic rings. The normalized spacial score (nSPS) is 26.3. The number of amides is 2. The van der Waals surface area contributed by atoms with Crippen LogP contribution in [-0.2, 0) is 4.79 Å². The second kappa shape index (κ2) is 6.63. The van der Waals surface area contributed by atoms with Gasteiger partial charge in [0.2, 0.25) is 5.91 Å². The summed E-state index contributed by atoms with van der Waals surface area (Å²) >= 11 is 5.99. The van der Waals surface area contributed by atoms with E-state index in [1.54, 1.807) is 18.2 Å². The standard InChI is InChI=1S/C18H23ClN2O3/c1-11(2)21-16(22)12-5-7-18(8-6-12)10-20-17(23)14-9-13(19)3-4-15(14)24-18/h3-4,9,11-12H,5-8,10H2,1-2H3,(H,20,23)(H,21,22). The van der Waals surface area contributed by atoms with Gasteiger partial charge in [-0.15, -0.1) is 0 Å². The van der Waals surface area contributed by atoms with Gasteiger partial charge >= 0.3 is 0 Å². The SMILES string of the molecule is CC(C)NC(=O)C1CCC2(CC1)CNC(=O)c1cc(Cl)ccc1O2. The lowest BCUT2D eigenvalue weighted by molar-refractivity contribution is -0.127. The second-order valence-corrected chi connectivity index (χ2v) is 7.48. The summed E-state index contributed by atoms with van der Waals surface area (Å²) in [6, 6.07) is 5.27. The van der Waals surface area contributed by atoms with Crippen LogP contribution in [0.3, 0.4) is 0 Å². The smallest absolute Gasteiger partial charge is 0.255 e. The maximum Gasteiger partial charge on any atom is 0.255 e. The van der Waals surface area contributed by atoms with E-state index in [0.29, 0.717) is 22.9 Å². The highest BCUT2D eigenvalue weighted by Crippen LogP contribution is 2.38. The number of nitrogens with one attached hydrogen (secondary N) is 2. The Morgan fingerprint density at radius 3 is 2.75 bits per heavy atom. The van der Waals surface area contributed by atoms with Gasteiger partial charge in [0.25, 0.3) is 5.91 Å². The molecule has 1 aliphatic carbocycles. The lowest BCUT2D eigenvalue weighted by Gasteiger charge is -2.39. The topological polar surface area (TPSA) is 67.4 Å². The van der Waals surface area contributed by atoms with Crippen LogP contribution in [0, 0.1) is 5.92 Å². The van der Waals surface area contributed by atoms with Crippen molar-refractivity contribution in [1.29, 1.82) is 0 Å². The summed E-state index contributed by atoms with van der Waals surface area (Å²) in [5.74, 6) is 0.540. The Morgan fingerprint density at radius 2 is 2.08 bits per heavy atom. The number of fused-ring (bicyclic) bond motifs is 1. The van der Waals surface area contributed by atoms with Crippen molar-refractivity contribution in [3.8, 4) is 5.75 Å². The maximum atomic E-state index is 12.3. The van der Waals surface area contributed by atoms with Crippen molar-refractivity contribution in [1.82, 2.24) is 10.6 Å². The Morgan fingerprint density at radius 1 is 1.38 bits per heavy atom. The van der Waals surface area contributed by atoms with Gasteiger partial charge < -0.3 is 15.4 Å². The van der Waals surface area contributed by atoms with Gasteiger partial charge in [-0.3, -0.25) is 9.59 Å². The predicted octanol–water partition coefficient (Wildman–Crippen LogP) is 2.92. The second-order valence-electron chi connectivity index (χ2n) is 7.05. The zero-order valence-electron chi connectivity index (χ0n) is 14.0. The van der Waals surface area contributed by atoms with Crippen LogP contribution in [0.5, 0.6) is 5.75 Å². The highest BCUT2D eigenvalue weighted by atomic mass is 35.5. The molecule has 6 heteroatoms. The highest BCUT2D eigenvalue weighted by Gasteiger charge is 2.42. The molecule has 0 radical (unpaired) electrons. The quantitative estimate of drug-likeness (QED) is 0.861. The average molecular weight is 351 g/mol. The van der Waals surface area contributed by atoms with Crippen LogP contribution in [0.1, 0.15) is 49.9 Å². The zero-order valence-corrected chi connectivity index (χ0v) is 14.8. The van der Waals surface area contributed by atoms with Crippen LogP contribution in [0.2, 0.25) is 5.02 Å². The maximum absolute atomic E-state index is 12.3. The van der Waals surface area contributed by atoms with Crippen molar-refractivity contribution in [2.75, 3.05) is 6.54 Å². The number of ether oxygens (including phenoxy) is 1. The number of carbonyl (C=O) groups is 2. The molecule has 1 heterocycles. The summed E-state index contributed by atoms with van der Waals surface area (Å²) in [5.41, 5.74) is 0.0302. The van der Waals surface area contributed by atoms with Crippen LogP contribution < -0.4 is 15.4 Å². The summed E-state index contributed by atoms with van der Waals surface area (Å²) in [6.07, 6.45) is 3.01. The highest BCUT2D eigenvalue weighted by molar-refractivity contribution is 6.31. The molecule has 0 atom stereocenters. The van der Waals surface area contributed by atoms with Crippen molar-refractivity contribution in [3.05, 3.63) is 28.8 Å². The molecular formula is C18H23ClN2O3. The first kappa shape index (κ1) is 17.1. The third-order valence-electron chi connectivity index (χ3n) is 4.78. The van der Waals surface area contributed by atoms with Gasteiger partial charge in [-0.2, -0.15) is 0 Å². The fraction of sp³-hybridized carbons (Fsp3) is 0.556. The molecule has 3 rings (SSSR count). The Bertz CT molecular complexity index is 652. The van der Waals surface area contributed by atoms with Gasteiger partial charge in [0.15, 0.2) is 0 Å². The molecule has 2 N–H and O–H groups in total. The van der Waals surface area contributed by atoms with Crippen molar-refractivity contribution in [2.24, 2.45) is 5.92 Å². The van der Waals surface area contributed by atoms with E-state index in [9.17, 15) is 9.59 Å². The van der Waals surface area contributed by atoms with Gasteiger partial charge in [-0.25, -0.2) is 0 Å². The molecule has 2 amide bonds. The van der Waals surface area contributed by atoms with Crippen LogP contribution in [-0.4, -0.2) is 30.0 Å². The molecule has 5 nitrogen and oxygen atoms in total. The number of benzene rings is 1. The molecule has 1 saturated carbocycles. The van der Waals surface area contributed by atoms with E-state index in [1.165, 1.54) is 0 Å². The first-order valence-corrected chi connectivity index (χ1v) is 8.83. The summed E-state index contributed by atoms with van der Waals surface area (Å²) in [7, 11) is 0. The van der Waals surface area contributed by atoms with E-state index in [1.807, 2.05) is 13.8 Å². The minimum atomic E-state index is -0.441. The first-order valence-electron chi connectivity index (χ1n) is 8.46. The van der Waals surface area contributed by atoms with Crippen LogP contribution in [0.25, 0.3) is 0 Å². The molecule has 0 unspecified atom stereocenters. The minimum absolute atomic E-state index is 0.0188. The van der Waals surface area contributed by atoms with E-state index >= 15 is 0 Å². The van der Waals surface area contributed by atoms with Crippen LogP contribution in [0.15, 0.2) is 18.2 Å². The lowest BCUT2D eigenvalue weighted by atomic mass is 9.78. The van der Waals surface area contributed by atoms with Gasteiger partial charge in [0, 0.05) is 17.0 Å². The molecule has 0 saturated heterocycles. The summed E-state index contributed by atoms with van der Waals surface area (Å²) in [6.45, 7) is 4.39. The molecule has 1 spiro atoms.